The first-order chi connectivity index (χ1) is 9.36. The molecule has 0 aromatic heterocycles. The molecular formula is C16H17NO2. The zero-order valence-electron chi connectivity index (χ0n) is 11.0. The minimum absolute atomic E-state index is 0.623. The second-order valence-electron chi connectivity index (χ2n) is 4.59. The van der Waals surface area contributed by atoms with Crippen LogP contribution in [0.25, 0.3) is 11.1 Å². The van der Waals surface area contributed by atoms with E-state index in [0.29, 0.717) is 13.2 Å². The van der Waals surface area contributed by atoms with Crippen molar-refractivity contribution in [3.63, 3.8) is 0 Å². The maximum absolute atomic E-state index is 5.61. The standard InChI is InChI=1S/C16H17NO2/c1-17-11-12-2-4-13(5-3-12)14-6-7-15-16(10-14)19-9-8-18-15/h2-7,10,17H,8-9,11H2,1H3. The fourth-order valence-electron chi connectivity index (χ4n) is 2.24. The average molecular weight is 255 g/mol. The molecule has 3 rings (SSSR count). The number of ether oxygens (including phenoxy) is 2. The molecule has 3 heteroatoms. The van der Waals surface area contributed by atoms with E-state index in [1.165, 1.54) is 11.1 Å². The topological polar surface area (TPSA) is 30.5 Å². The van der Waals surface area contributed by atoms with Crippen LogP contribution in [0.4, 0.5) is 0 Å². The first-order valence-corrected chi connectivity index (χ1v) is 6.50. The maximum atomic E-state index is 5.61. The monoisotopic (exact) mass is 255 g/mol. The Balaban J connectivity index is 1.89. The summed E-state index contributed by atoms with van der Waals surface area (Å²) >= 11 is 0. The minimum Gasteiger partial charge on any atom is -0.486 e. The van der Waals surface area contributed by atoms with Crippen molar-refractivity contribution in [1.29, 1.82) is 0 Å². The van der Waals surface area contributed by atoms with Crippen molar-refractivity contribution in [1.82, 2.24) is 5.32 Å². The Kier molecular flexibility index (Phi) is 3.38. The Hall–Kier alpha value is -2.00. The minimum atomic E-state index is 0.623. The first kappa shape index (κ1) is 12.1. The fourth-order valence-corrected chi connectivity index (χ4v) is 2.24. The van der Waals surface area contributed by atoms with Crippen LogP contribution >= 0.6 is 0 Å². The third-order valence-electron chi connectivity index (χ3n) is 3.21. The molecule has 1 heterocycles. The molecule has 0 bridgehead atoms. The quantitative estimate of drug-likeness (QED) is 0.914. The molecule has 1 aliphatic rings. The predicted octanol–water partition coefficient (Wildman–Crippen LogP) is 2.84. The van der Waals surface area contributed by atoms with E-state index >= 15 is 0 Å². The molecule has 0 fully saturated rings. The Morgan fingerprint density at radius 3 is 2.32 bits per heavy atom. The molecule has 19 heavy (non-hydrogen) atoms. The van der Waals surface area contributed by atoms with Crippen molar-refractivity contribution in [3.8, 4) is 22.6 Å². The van der Waals surface area contributed by atoms with Gasteiger partial charge in [-0.05, 0) is 35.9 Å². The maximum Gasteiger partial charge on any atom is 0.161 e. The van der Waals surface area contributed by atoms with Crippen LogP contribution in [0.1, 0.15) is 5.56 Å². The van der Waals surface area contributed by atoms with Gasteiger partial charge in [0.25, 0.3) is 0 Å². The lowest BCUT2D eigenvalue weighted by molar-refractivity contribution is 0.171. The van der Waals surface area contributed by atoms with Crippen LogP contribution in [0.15, 0.2) is 42.5 Å². The highest BCUT2D eigenvalue weighted by Crippen LogP contribution is 2.34. The molecule has 0 saturated heterocycles. The van der Waals surface area contributed by atoms with Gasteiger partial charge in [-0.2, -0.15) is 0 Å². The smallest absolute Gasteiger partial charge is 0.161 e. The molecular weight excluding hydrogens is 238 g/mol. The predicted molar refractivity (Wildman–Crippen MR) is 75.6 cm³/mol. The van der Waals surface area contributed by atoms with Crippen molar-refractivity contribution in [3.05, 3.63) is 48.0 Å². The van der Waals surface area contributed by atoms with Crippen molar-refractivity contribution in [2.75, 3.05) is 20.3 Å². The number of nitrogens with one attached hydrogen (secondary N) is 1. The highest BCUT2D eigenvalue weighted by Gasteiger charge is 2.12. The second-order valence-corrected chi connectivity index (χ2v) is 4.59. The first-order valence-electron chi connectivity index (χ1n) is 6.50. The van der Waals surface area contributed by atoms with Gasteiger partial charge < -0.3 is 14.8 Å². The molecule has 0 amide bonds. The lowest BCUT2D eigenvalue weighted by Gasteiger charge is -2.19. The Morgan fingerprint density at radius 2 is 1.58 bits per heavy atom. The van der Waals surface area contributed by atoms with E-state index in [1.54, 1.807) is 0 Å². The van der Waals surface area contributed by atoms with Crippen molar-refractivity contribution >= 4 is 0 Å². The van der Waals surface area contributed by atoms with E-state index in [4.69, 9.17) is 9.47 Å². The highest BCUT2D eigenvalue weighted by atomic mass is 16.6. The Morgan fingerprint density at radius 1 is 0.895 bits per heavy atom. The summed E-state index contributed by atoms with van der Waals surface area (Å²) in [5.74, 6) is 1.67. The van der Waals surface area contributed by atoms with Crippen LogP contribution < -0.4 is 14.8 Å². The van der Waals surface area contributed by atoms with E-state index in [9.17, 15) is 0 Å². The third-order valence-corrected chi connectivity index (χ3v) is 3.21. The SMILES string of the molecule is CNCc1ccc(-c2ccc3c(c2)OCCO3)cc1. The van der Waals surface area contributed by atoms with Gasteiger partial charge in [0.1, 0.15) is 13.2 Å². The summed E-state index contributed by atoms with van der Waals surface area (Å²) in [6.45, 7) is 2.14. The molecule has 0 aliphatic carbocycles. The van der Waals surface area contributed by atoms with Crippen LogP contribution in [0.5, 0.6) is 11.5 Å². The van der Waals surface area contributed by atoms with Gasteiger partial charge in [0.05, 0.1) is 0 Å². The number of hydrogen-bond acceptors (Lipinski definition) is 3. The van der Waals surface area contributed by atoms with Gasteiger partial charge >= 0.3 is 0 Å². The molecule has 2 aromatic carbocycles. The fraction of sp³-hybridized carbons (Fsp3) is 0.250. The molecule has 98 valence electrons. The molecule has 2 aromatic rings. The summed E-state index contributed by atoms with van der Waals surface area (Å²) in [4.78, 5) is 0. The summed E-state index contributed by atoms with van der Waals surface area (Å²) in [6, 6.07) is 14.6. The zero-order valence-corrected chi connectivity index (χ0v) is 11.0. The van der Waals surface area contributed by atoms with Crippen molar-refractivity contribution in [2.24, 2.45) is 0 Å². The molecule has 0 atom stereocenters. The van der Waals surface area contributed by atoms with E-state index < -0.39 is 0 Å². The van der Waals surface area contributed by atoms with E-state index in [2.05, 4.69) is 35.6 Å². The van der Waals surface area contributed by atoms with Crippen molar-refractivity contribution in [2.45, 2.75) is 6.54 Å². The van der Waals surface area contributed by atoms with Crippen molar-refractivity contribution < 1.29 is 9.47 Å². The van der Waals surface area contributed by atoms with Gasteiger partial charge in [-0.3, -0.25) is 0 Å². The third kappa shape index (κ3) is 2.56. The molecule has 0 unspecified atom stereocenters. The van der Waals surface area contributed by atoms with Crippen LogP contribution in [0.2, 0.25) is 0 Å². The largest absolute Gasteiger partial charge is 0.486 e. The van der Waals surface area contributed by atoms with Gasteiger partial charge in [-0.25, -0.2) is 0 Å². The van der Waals surface area contributed by atoms with E-state index in [0.717, 1.165) is 23.6 Å². The number of rotatable bonds is 3. The van der Waals surface area contributed by atoms with E-state index in [-0.39, 0.29) is 0 Å². The molecule has 1 aliphatic heterocycles. The van der Waals surface area contributed by atoms with Gasteiger partial charge in [0, 0.05) is 6.54 Å². The number of hydrogen-bond donors (Lipinski definition) is 1. The summed E-state index contributed by atoms with van der Waals surface area (Å²) in [7, 11) is 1.95. The lowest BCUT2D eigenvalue weighted by atomic mass is 10.0. The normalized spacial score (nSPS) is 13.3. The van der Waals surface area contributed by atoms with Gasteiger partial charge in [-0.1, -0.05) is 30.3 Å². The molecule has 3 nitrogen and oxygen atoms in total. The molecule has 0 radical (unpaired) electrons. The van der Waals surface area contributed by atoms with Gasteiger partial charge in [0.15, 0.2) is 11.5 Å². The van der Waals surface area contributed by atoms with Gasteiger partial charge in [0.2, 0.25) is 0 Å². The molecule has 0 spiro atoms. The van der Waals surface area contributed by atoms with E-state index in [1.807, 2.05) is 19.2 Å². The second kappa shape index (κ2) is 5.33. The molecule has 0 saturated carbocycles. The van der Waals surface area contributed by atoms with Crippen LogP contribution in [-0.4, -0.2) is 20.3 Å². The summed E-state index contributed by atoms with van der Waals surface area (Å²) in [5, 5.41) is 3.15. The zero-order chi connectivity index (χ0) is 13.1. The lowest BCUT2D eigenvalue weighted by Crippen LogP contribution is -2.15. The summed E-state index contributed by atoms with van der Waals surface area (Å²) in [6.07, 6.45) is 0. The average Bonchev–Trinajstić information content (AvgIpc) is 2.48. The highest BCUT2D eigenvalue weighted by molar-refractivity contribution is 5.67. The van der Waals surface area contributed by atoms with Crippen LogP contribution in [0, 0.1) is 0 Å². The van der Waals surface area contributed by atoms with Crippen LogP contribution in [-0.2, 0) is 6.54 Å². The Labute approximate surface area is 113 Å². The summed E-state index contributed by atoms with van der Waals surface area (Å²) in [5.41, 5.74) is 3.63. The Bertz CT molecular complexity index is 563. The van der Waals surface area contributed by atoms with Gasteiger partial charge in [-0.15, -0.1) is 0 Å². The number of benzene rings is 2. The number of fused-ring (bicyclic) bond motifs is 1. The van der Waals surface area contributed by atoms with Crippen LogP contribution in [0.3, 0.4) is 0 Å². The summed E-state index contributed by atoms with van der Waals surface area (Å²) < 4.78 is 11.1. The molecule has 1 N–H and O–H groups in total.